The Morgan fingerprint density at radius 1 is 1.25 bits per heavy atom. The molecule has 0 saturated heterocycles. The van der Waals surface area contributed by atoms with Gasteiger partial charge in [-0.25, -0.2) is 4.79 Å². The van der Waals surface area contributed by atoms with E-state index in [1.165, 1.54) is 0 Å². The summed E-state index contributed by atoms with van der Waals surface area (Å²) in [5.41, 5.74) is 0.995. The smallest absolute Gasteiger partial charge is 0.333 e. The highest BCUT2D eigenvalue weighted by atomic mass is 16.5. The van der Waals surface area contributed by atoms with E-state index in [-0.39, 0.29) is 18.1 Å². The molecule has 0 rings (SSSR count). The van der Waals surface area contributed by atoms with Gasteiger partial charge in [-0.05, 0) is 25.8 Å². The lowest BCUT2D eigenvalue weighted by Gasteiger charge is -2.13. The van der Waals surface area contributed by atoms with Crippen LogP contribution in [0, 0.1) is 0 Å². The van der Waals surface area contributed by atoms with Crippen molar-refractivity contribution < 1.29 is 19.1 Å². The predicted molar refractivity (Wildman–Crippen MR) is 79.1 cm³/mol. The molecular formula is C16H24O4. The third kappa shape index (κ3) is 8.29. The van der Waals surface area contributed by atoms with E-state index in [0.717, 1.165) is 12.0 Å². The first-order chi connectivity index (χ1) is 9.40. The molecule has 4 nitrogen and oxygen atoms in total. The van der Waals surface area contributed by atoms with Crippen LogP contribution < -0.4 is 0 Å². The Bertz CT molecular complexity index is 393. The average Bonchev–Trinajstić information content (AvgIpc) is 2.40. The topological polar surface area (TPSA) is 52.6 Å². The molecule has 0 heterocycles. The van der Waals surface area contributed by atoms with Crippen molar-refractivity contribution in [3.63, 3.8) is 0 Å². The molecule has 0 radical (unpaired) electrons. The molecule has 0 bridgehead atoms. The van der Waals surface area contributed by atoms with Gasteiger partial charge < -0.3 is 9.47 Å². The lowest BCUT2D eigenvalue weighted by Crippen LogP contribution is -2.18. The molecule has 0 aliphatic heterocycles. The molecule has 0 aromatic rings. The first-order valence-corrected chi connectivity index (χ1v) is 6.78. The summed E-state index contributed by atoms with van der Waals surface area (Å²) in [6.45, 7) is 13.3. The number of carbonyl (C=O) groups excluding carboxylic acids is 2. The minimum absolute atomic E-state index is 0.113. The zero-order valence-corrected chi connectivity index (χ0v) is 12.6. The van der Waals surface area contributed by atoms with Gasteiger partial charge in [0.25, 0.3) is 0 Å². The van der Waals surface area contributed by atoms with Crippen LogP contribution in [-0.2, 0) is 19.1 Å². The Labute approximate surface area is 121 Å². The molecule has 20 heavy (non-hydrogen) atoms. The first-order valence-electron chi connectivity index (χ1n) is 6.78. The van der Waals surface area contributed by atoms with Gasteiger partial charge in [0.1, 0.15) is 6.10 Å². The van der Waals surface area contributed by atoms with Gasteiger partial charge >= 0.3 is 11.9 Å². The predicted octanol–water partition coefficient (Wildman–Crippen LogP) is 3.34. The van der Waals surface area contributed by atoms with Gasteiger partial charge in [-0.15, -0.1) is 0 Å². The minimum atomic E-state index is -0.547. The maximum atomic E-state index is 11.7. The highest BCUT2D eigenvalue weighted by Crippen LogP contribution is 2.08. The summed E-state index contributed by atoms with van der Waals surface area (Å²) in [5, 5.41) is 0. The average molecular weight is 280 g/mol. The lowest BCUT2D eigenvalue weighted by atomic mass is 10.2. The fourth-order valence-electron chi connectivity index (χ4n) is 1.28. The van der Waals surface area contributed by atoms with Crippen LogP contribution in [-0.4, -0.2) is 24.6 Å². The van der Waals surface area contributed by atoms with Crippen molar-refractivity contribution in [2.45, 2.75) is 46.1 Å². The molecule has 0 N–H and O–H groups in total. The monoisotopic (exact) mass is 280 g/mol. The Morgan fingerprint density at radius 3 is 2.40 bits per heavy atom. The van der Waals surface area contributed by atoms with Crippen LogP contribution >= 0.6 is 0 Å². The van der Waals surface area contributed by atoms with Gasteiger partial charge in [0.15, 0.2) is 0 Å². The molecule has 1 atom stereocenters. The minimum Gasteiger partial charge on any atom is -0.462 e. The van der Waals surface area contributed by atoms with Crippen molar-refractivity contribution in [3.8, 4) is 0 Å². The number of hydrogen-bond acceptors (Lipinski definition) is 4. The lowest BCUT2D eigenvalue weighted by molar-refractivity contribution is -0.148. The van der Waals surface area contributed by atoms with Crippen LogP contribution in [0.25, 0.3) is 0 Å². The summed E-state index contributed by atoms with van der Waals surface area (Å²) in [5.74, 6) is -1.03. The van der Waals surface area contributed by atoms with Gasteiger partial charge in [0.2, 0.25) is 0 Å². The molecular weight excluding hydrogens is 256 g/mol. The molecule has 0 fully saturated rings. The zero-order valence-electron chi connectivity index (χ0n) is 12.6. The fourth-order valence-corrected chi connectivity index (χ4v) is 1.28. The second kappa shape index (κ2) is 10.0. The van der Waals surface area contributed by atoms with Crippen molar-refractivity contribution >= 4 is 11.9 Å². The highest BCUT2D eigenvalue weighted by molar-refractivity contribution is 5.93. The standard InChI is InChI=1S/C16H24O4/c1-6-10-19-16(18)13(5)11-15(17)20-14(7-2)9-8-12(3)4/h8-9,14H,3,5-7,10-11H2,1-2,4H3/b9-8+. The third-order valence-corrected chi connectivity index (χ3v) is 2.36. The molecule has 0 spiro atoms. The van der Waals surface area contributed by atoms with Crippen LogP contribution in [0.2, 0.25) is 0 Å². The van der Waals surface area contributed by atoms with E-state index in [1.807, 2.05) is 20.8 Å². The van der Waals surface area contributed by atoms with Crippen molar-refractivity contribution in [2.24, 2.45) is 0 Å². The number of allylic oxidation sites excluding steroid dienone is 2. The fraction of sp³-hybridized carbons (Fsp3) is 0.500. The van der Waals surface area contributed by atoms with Crippen LogP contribution in [0.3, 0.4) is 0 Å². The zero-order chi connectivity index (χ0) is 15.5. The third-order valence-electron chi connectivity index (χ3n) is 2.36. The number of esters is 2. The van der Waals surface area contributed by atoms with Crippen molar-refractivity contribution in [2.75, 3.05) is 6.61 Å². The van der Waals surface area contributed by atoms with Gasteiger partial charge in [-0.3, -0.25) is 4.79 Å². The normalized spacial score (nSPS) is 11.9. The largest absolute Gasteiger partial charge is 0.462 e. The summed E-state index contributed by atoms with van der Waals surface area (Å²) in [7, 11) is 0. The van der Waals surface area contributed by atoms with Gasteiger partial charge in [-0.1, -0.05) is 38.7 Å². The summed E-state index contributed by atoms with van der Waals surface area (Å²) >= 11 is 0. The number of hydrogen-bond donors (Lipinski definition) is 0. The van der Waals surface area contributed by atoms with Crippen molar-refractivity contribution in [1.29, 1.82) is 0 Å². The molecule has 4 heteroatoms. The highest BCUT2D eigenvalue weighted by Gasteiger charge is 2.16. The quantitative estimate of drug-likeness (QED) is 0.369. The van der Waals surface area contributed by atoms with E-state index in [4.69, 9.17) is 9.47 Å². The van der Waals surface area contributed by atoms with Crippen LogP contribution in [0.4, 0.5) is 0 Å². The van der Waals surface area contributed by atoms with E-state index >= 15 is 0 Å². The van der Waals surface area contributed by atoms with Gasteiger partial charge in [0, 0.05) is 5.57 Å². The Morgan fingerprint density at radius 2 is 1.90 bits per heavy atom. The number of rotatable bonds is 9. The molecule has 0 amide bonds. The van der Waals surface area contributed by atoms with Gasteiger partial charge in [-0.2, -0.15) is 0 Å². The summed E-state index contributed by atoms with van der Waals surface area (Å²) in [6, 6.07) is 0. The first kappa shape index (κ1) is 18.2. The Kier molecular flexibility index (Phi) is 9.09. The van der Waals surface area contributed by atoms with Crippen molar-refractivity contribution in [1.82, 2.24) is 0 Å². The molecule has 0 aromatic carbocycles. The molecule has 112 valence electrons. The number of ether oxygens (including phenoxy) is 2. The van der Waals surface area contributed by atoms with Crippen LogP contribution in [0.1, 0.15) is 40.0 Å². The molecule has 0 saturated carbocycles. The van der Waals surface area contributed by atoms with Crippen LogP contribution in [0.5, 0.6) is 0 Å². The van der Waals surface area contributed by atoms with E-state index in [9.17, 15) is 9.59 Å². The summed E-state index contributed by atoms with van der Waals surface area (Å²) in [6.07, 6.45) is 4.48. The van der Waals surface area contributed by atoms with E-state index in [1.54, 1.807) is 12.2 Å². The molecule has 0 aliphatic carbocycles. The molecule has 1 unspecified atom stereocenters. The van der Waals surface area contributed by atoms with E-state index < -0.39 is 11.9 Å². The van der Waals surface area contributed by atoms with Gasteiger partial charge in [0.05, 0.1) is 13.0 Å². The summed E-state index contributed by atoms with van der Waals surface area (Å²) in [4.78, 5) is 23.2. The second-order valence-electron chi connectivity index (χ2n) is 4.56. The summed E-state index contributed by atoms with van der Waals surface area (Å²) < 4.78 is 10.1. The maximum absolute atomic E-state index is 11.7. The Hall–Kier alpha value is -1.84. The second-order valence-corrected chi connectivity index (χ2v) is 4.56. The van der Waals surface area contributed by atoms with E-state index in [2.05, 4.69) is 13.2 Å². The molecule has 0 aliphatic rings. The SMILES string of the molecule is C=C(C)/C=C/C(CC)OC(=O)CC(=C)C(=O)OCCC. The molecule has 0 aromatic heterocycles. The maximum Gasteiger partial charge on any atom is 0.333 e. The Balaban J connectivity index is 4.29. The van der Waals surface area contributed by atoms with Crippen molar-refractivity contribution in [3.05, 3.63) is 36.5 Å². The number of carbonyl (C=O) groups is 2. The van der Waals surface area contributed by atoms with Crippen LogP contribution in [0.15, 0.2) is 36.5 Å². The van der Waals surface area contributed by atoms with E-state index in [0.29, 0.717) is 13.0 Å².